The molecule has 28 heavy (non-hydrogen) atoms. The highest BCUT2D eigenvalue weighted by molar-refractivity contribution is 7.89. The molecule has 2 aromatic carbocycles. The summed E-state index contributed by atoms with van der Waals surface area (Å²) in [6.07, 6.45) is -0.226. The summed E-state index contributed by atoms with van der Waals surface area (Å²) in [5.41, 5.74) is 0.980. The van der Waals surface area contributed by atoms with Gasteiger partial charge in [0.1, 0.15) is 11.9 Å². The summed E-state index contributed by atoms with van der Waals surface area (Å²) in [7, 11) is -2.43. The van der Waals surface area contributed by atoms with E-state index < -0.39 is 10.0 Å². The molecule has 3 rings (SSSR count). The molecule has 0 bridgehead atoms. The predicted molar refractivity (Wildman–Crippen MR) is 105 cm³/mol. The number of rotatable bonds is 6. The van der Waals surface area contributed by atoms with Gasteiger partial charge >= 0.3 is 0 Å². The summed E-state index contributed by atoms with van der Waals surface area (Å²) in [5.74, 6) is 0.0596. The van der Waals surface area contributed by atoms with Crippen molar-refractivity contribution < 1.29 is 22.7 Å². The molecule has 1 fully saturated rings. The number of ether oxygens (including phenoxy) is 2. The molecule has 0 saturated carbocycles. The fourth-order valence-corrected chi connectivity index (χ4v) is 4.23. The van der Waals surface area contributed by atoms with Crippen LogP contribution in [0, 0.1) is 0 Å². The number of amides is 1. The molecule has 9 heteroatoms. The highest BCUT2D eigenvalue weighted by Gasteiger charge is 2.26. The van der Waals surface area contributed by atoms with Crippen LogP contribution in [-0.4, -0.2) is 52.6 Å². The second-order valence-electron chi connectivity index (χ2n) is 6.23. The molecule has 1 amide bonds. The van der Waals surface area contributed by atoms with Crippen LogP contribution in [-0.2, 0) is 19.6 Å². The van der Waals surface area contributed by atoms with Crippen molar-refractivity contribution in [2.75, 3.05) is 33.4 Å². The standard InChI is InChI=1S/C19H21ClN2O5S/c1-26-17-8-7-15(11-16(17)20)28(24,25)21-12-19(23)22-9-10-27-18(13-22)14-5-3-2-4-6-14/h2-8,11,18,21H,9-10,12-13H2,1H3. The number of methoxy groups -OCH3 is 1. The topological polar surface area (TPSA) is 84.9 Å². The van der Waals surface area contributed by atoms with Crippen LogP contribution in [0.15, 0.2) is 53.4 Å². The fraction of sp³-hybridized carbons (Fsp3) is 0.316. The maximum Gasteiger partial charge on any atom is 0.241 e. The molecule has 1 heterocycles. The number of nitrogens with one attached hydrogen (secondary N) is 1. The van der Waals surface area contributed by atoms with Gasteiger partial charge in [-0.15, -0.1) is 0 Å². The molecule has 0 aromatic heterocycles. The van der Waals surface area contributed by atoms with Gasteiger partial charge in [0, 0.05) is 6.54 Å². The Morgan fingerprint density at radius 3 is 2.71 bits per heavy atom. The molecule has 0 spiro atoms. The Labute approximate surface area is 169 Å². The molecular formula is C19H21ClN2O5S. The van der Waals surface area contributed by atoms with Crippen LogP contribution in [0.1, 0.15) is 11.7 Å². The zero-order chi connectivity index (χ0) is 20.1. The van der Waals surface area contributed by atoms with Gasteiger partial charge < -0.3 is 14.4 Å². The number of hydrogen-bond acceptors (Lipinski definition) is 5. The van der Waals surface area contributed by atoms with Gasteiger partial charge in [0.2, 0.25) is 15.9 Å². The Morgan fingerprint density at radius 1 is 1.29 bits per heavy atom. The van der Waals surface area contributed by atoms with Crippen molar-refractivity contribution in [1.29, 1.82) is 0 Å². The molecule has 150 valence electrons. The molecule has 7 nitrogen and oxygen atoms in total. The van der Waals surface area contributed by atoms with E-state index in [1.807, 2.05) is 30.3 Å². The number of nitrogens with zero attached hydrogens (tertiary/aromatic N) is 1. The van der Waals surface area contributed by atoms with E-state index >= 15 is 0 Å². The largest absolute Gasteiger partial charge is 0.495 e. The Bertz CT molecular complexity index is 937. The van der Waals surface area contributed by atoms with E-state index in [-0.39, 0.29) is 28.5 Å². The SMILES string of the molecule is COc1ccc(S(=O)(=O)NCC(=O)N2CCOC(c3ccccc3)C2)cc1Cl. The van der Waals surface area contributed by atoms with E-state index in [0.717, 1.165) is 5.56 Å². The Balaban J connectivity index is 1.62. The number of hydrogen-bond donors (Lipinski definition) is 1. The van der Waals surface area contributed by atoms with Crippen LogP contribution in [0.5, 0.6) is 5.75 Å². The minimum Gasteiger partial charge on any atom is -0.495 e. The summed E-state index contributed by atoms with van der Waals surface area (Å²) < 4.78 is 38.0. The van der Waals surface area contributed by atoms with Gasteiger partial charge in [-0.05, 0) is 23.8 Å². The molecule has 1 saturated heterocycles. The second-order valence-corrected chi connectivity index (χ2v) is 8.40. The molecule has 0 aliphatic carbocycles. The third kappa shape index (κ3) is 4.82. The normalized spacial score (nSPS) is 17.4. The minimum atomic E-state index is -3.88. The molecule has 1 atom stereocenters. The van der Waals surface area contributed by atoms with Crippen LogP contribution < -0.4 is 9.46 Å². The molecule has 2 aromatic rings. The third-order valence-corrected chi connectivity index (χ3v) is 6.13. The van der Waals surface area contributed by atoms with Gasteiger partial charge in [-0.2, -0.15) is 0 Å². The van der Waals surface area contributed by atoms with Crippen LogP contribution >= 0.6 is 11.6 Å². The van der Waals surface area contributed by atoms with E-state index in [1.165, 1.54) is 25.3 Å². The first-order valence-electron chi connectivity index (χ1n) is 8.68. The second kappa shape index (κ2) is 8.91. The zero-order valence-corrected chi connectivity index (χ0v) is 16.9. The lowest BCUT2D eigenvalue weighted by molar-refractivity contribution is -0.137. The van der Waals surface area contributed by atoms with Crippen molar-refractivity contribution in [1.82, 2.24) is 9.62 Å². The summed E-state index contributed by atoms with van der Waals surface area (Å²) in [6.45, 7) is 0.844. The first kappa shape index (κ1) is 20.6. The number of halogens is 1. The van der Waals surface area contributed by atoms with Gasteiger partial charge in [0.15, 0.2) is 0 Å². The molecule has 1 aliphatic heterocycles. The van der Waals surface area contributed by atoms with Crippen LogP contribution in [0.25, 0.3) is 0 Å². The van der Waals surface area contributed by atoms with Crippen LogP contribution in [0.4, 0.5) is 0 Å². The maximum atomic E-state index is 12.5. The maximum absolute atomic E-state index is 12.5. The molecular weight excluding hydrogens is 404 g/mol. The van der Waals surface area contributed by atoms with Crippen molar-refractivity contribution in [3.8, 4) is 5.75 Å². The zero-order valence-electron chi connectivity index (χ0n) is 15.3. The smallest absolute Gasteiger partial charge is 0.241 e. The van der Waals surface area contributed by atoms with Crippen molar-refractivity contribution in [2.45, 2.75) is 11.0 Å². The first-order chi connectivity index (χ1) is 13.4. The van der Waals surface area contributed by atoms with Gasteiger partial charge in [-0.25, -0.2) is 13.1 Å². The quantitative estimate of drug-likeness (QED) is 0.768. The Kier molecular flexibility index (Phi) is 6.56. The van der Waals surface area contributed by atoms with Gasteiger partial charge in [0.25, 0.3) is 0 Å². The minimum absolute atomic E-state index is 0.0322. The number of benzene rings is 2. The lowest BCUT2D eigenvalue weighted by Gasteiger charge is -2.33. The highest BCUT2D eigenvalue weighted by atomic mass is 35.5. The lowest BCUT2D eigenvalue weighted by atomic mass is 10.1. The van der Waals surface area contributed by atoms with E-state index in [1.54, 1.807) is 4.90 Å². The number of sulfonamides is 1. The lowest BCUT2D eigenvalue weighted by Crippen LogP contribution is -2.46. The average Bonchev–Trinajstić information content (AvgIpc) is 2.72. The van der Waals surface area contributed by atoms with Crippen molar-refractivity contribution >= 4 is 27.5 Å². The monoisotopic (exact) mass is 424 g/mol. The molecule has 1 N–H and O–H groups in total. The van der Waals surface area contributed by atoms with Crippen molar-refractivity contribution in [3.05, 3.63) is 59.1 Å². The van der Waals surface area contributed by atoms with E-state index in [2.05, 4.69) is 4.72 Å². The van der Waals surface area contributed by atoms with Crippen LogP contribution in [0.2, 0.25) is 5.02 Å². The summed E-state index contributed by atoms with van der Waals surface area (Å²) >= 11 is 5.99. The number of morpholine rings is 1. The average molecular weight is 425 g/mol. The predicted octanol–water partition coefficient (Wildman–Crippen LogP) is 2.23. The first-order valence-corrected chi connectivity index (χ1v) is 10.5. The fourth-order valence-electron chi connectivity index (χ4n) is 2.91. The van der Waals surface area contributed by atoms with Crippen molar-refractivity contribution in [3.63, 3.8) is 0 Å². The number of carbonyl (C=O) groups is 1. The van der Waals surface area contributed by atoms with Crippen LogP contribution in [0.3, 0.4) is 0 Å². The van der Waals surface area contributed by atoms with Gasteiger partial charge in [-0.1, -0.05) is 41.9 Å². The highest BCUT2D eigenvalue weighted by Crippen LogP contribution is 2.27. The summed E-state index contributed by atoms with van der Waals surface area (Å²) in [5, 5.41) is 0.176. The van der Waals surface area contributed by atoms with Gasteiger partial charge in [-0.3, -0.25) is 4.79 Å². The Morgan fingerprint density at radius 2 is 2.04 bits per heavy atom. The van der Waals surface area contributed by atoms with E-state index in [4.69, 9.17) is 21.1 Å². The summed E-state index contributed by atoms with van der Waals surface area (Å²) in [4.78, 5) is 14.1. The van der Waals surface area contributed by atoms with Gasteiger partial charge in [0.05, 0.1) is 36.7 Å². The summed E-state index contributed by atoms with van der Waals surface area (Å²) in [6, 6.07) is 13.7. The van der Waals surface area contributed by atoms with Crippen molar-refractivity contribution in [2.24, 2.45) is 0 Å². The molecule has 0 radical (unpaired) electrons. The Hall–Kier alpha value is -2.13. The van der Waals surface area contributed by atoms with E-state index in [9.17, 15) is 13.2 Å². The third-order valence-electron chi connectivity index (χ3n) is 4.44. The van der Waals surface area contributed by atoms with E-state index in [0.29, 0.717) is 25.4 Å². The molecule has 1 aliphatic rings. The number of carbonyl (C=O) groups excluding carboxylic acids is 1. The molecule has 1 unspecified atom stereocenters.